The standard InChI is InChI=1S/C9H14NP/c1-9(2,10)7-3-5-8(11)6-4-7/h3-6H,10-11H2,1-2H3. The summed E-state index contributed by atoms with van der Waals surface area (Å²) < 4.78 is 0. The number of hydrogen-bond donors (Lipinski definition) is 1. The third-order valence-electron chi connectivity index (χ3n) is 1.65. The summed E-state index contributed by atoms with van der Waals surface area (Å²) in [7, 11) is 2.65. The SMILES string of the molecule is CC(C)(N)c1ccc(P)cc1. The van der Waals surface area contributed by atoms with E-state index in [4.69, 9.17) is 5.73 Å². The third kappa shape index (κ3) is 2.28. The molecule has 1 nitrogen and oxygen atoms in total. The van der Waals surface area contributed by atoms with Crippen molar-refractivity contribution in [2.45, 2.75) is 19.4 Å². The minimum absolute atomic E-state index is 0.224. The van der Waals surface area contributed by atoms with Gasteiger partial charge < -0.3 is 5.73 Å². The summed E-state index contributed by atoms with van der Waals surface area (Å²) in [6.07, 6.45) is 0. The Kier molecular flexibility index (Phi) is 2.31. The molecular formula is C9H14NP. The van der Waals surface area contributed by atoms with Gasteiger partial charge in [0, 0.05) is 5.54 Å². The number of hydrogen-bond acceptors (Lipinski definition) is 1. The Bertz CT molecular complexity index is 233. The number of benzene rings is 1. The van der Waals surface area contributed by atoms with Crippen LogP contribution in [0.4, 0.5) is 0 Å². The van der Waals surface area contributed by atoms with Crippen molar-refractivity contribution in [2.75, 3.05) is 0 Å². The number of rotatable bonds is 1. The predicted octanol–water partition coefficient (Wildman–Crippen LogP) is 1.38. The van der Waals surface area contributed by atoms with Crippen molar-refractivity contribution < 1.29 is 0 Å². The highest BCUT2D eigenvalue weighted by molar-refractivity contribution is 7.27. The summed E-state index contributed by atoms with van der Waals surface area (Å²) in [6, 6.07) is 8.22. The predicted molar refractivity (Wildman–Crippen MR) is 53.0 cm³/mol. The van der Waals surface area contributed by atoms with Crippen molar-refractivity contribution in [3.05, 3.63) is 29.8 Å². The zero-order chi connectivity index (χ0) is 8.48. The second-order valence-electron chi connectivity index (χ2n) is 3.34. The maximum absolute atomic E-state index is 5.90. The Morgan fingerprint density at radius 3 is 2.00 bits per heavy atom. The molecule has 60 valence electrons. The van der Waals surface area contributed by atoms with Gasteiger partial charge in [-0.25, -0.2) is 0 Å². The molecule has 11 heavy (non-hydrogen) atoms. The van der Waals surface area contributed by atoms with E-state index in [0.29, 0.717) is 0 Å². The maximum Gasteiger partial charge on any atom is 0.0352 e. The maximum atomic E-state index is 5.90. The van der Waals surface area contributed by atoms with Gasteiger partial charge in [-0.05, 0) is 24.7 Å². The van der Waals surface area contributed by atoms with Crippen molar-refractivity contribution in [3.63, 3.8) is 0 Å². The highest BCUT2D eigenvalue weighted by Gasteiger charge is 2.12. The molecule has 1 atom stereocenters. The minimum atomic E-state index is -0.224. The van der Waals surface area contributed by atoms with Crippen LogP contribution in [0.2, 0.25) is 0 Å². The van der Waals surface area contributed by atoms with Crippen LogP contribution in [0.15, 0.2) is 24.3 Å². The minimum Gasteiger partial charge on any atom is -0.322 e. The molecule has 0 spiro atoms. The van der Waals surface area contributed by atoms with Crippen LogP contribution < -0.4 is 11.0 Å². The quantitative estimate of drug-likeness (QED) is 0.628. The van der Waals surface area contributed by atoms with E-state index in [-0.39, 0.29) is 5.54 Å². The molecule has 0 amide bonds. The Balaban J connectivity index is 2.99. The van der Waals surface area contributed by atoms with E-state index < -0.39 is 0 Å². The van der Waals surface area contributed by atoms with E-state index in [0.717, 1.165) is 0 Å². The van der Waals surface area contributed by atoms with Crippen LogP contribution in [0.3, 0.4) is 0 Å². The Labute approximate surface area is 70.2 Å². The molecule has 2 N–H and O–H groups in total. The smallest absolute Gasteiger partial charge is 0.0352 e. The normalized spacial score (nSPS) is 11.6. The number of nitrogens with two attached hydrogens (primary N) is 1. The Hall–Kier alpha value is -0.390. The van der Waals surface area contributed by atoms with Gasteiger partial charge in [0.15, 0.2) is 0 Å². The summed E-state index contributed by atoms with van der Waals surface area (Å²) >= 11 is 0. The molecule has 0 aliphatic heterocycles. The first kappa shape index (κ1) is 8.70. The lowest BCUT2D eigenvalue weighted by Crippen LogP contribution is -2.28. The zero-order valence-electron chi connectivity index (χ0n) is 6.96. The summed E-state index contributed by atoms with van der Waals surface area (Å²) in [5.74, 6) is 0. The van der Waals surface area contributed by atoms with Gasteiger partial charge in [-0.15, -0.1) is 9.24 Å². The van der Waals surface area contributed by atoms with Crippen LogP contribution >= 0.6 is 9.24 Å². The molecule has 1 unspecified atom stereocenters. The fourth-order valence-electron chi connectivity index (χ4n) is 0.913. The molecule has 0 saturated carbocycles. The lowest BCUT2D eigenvalue weighted by molar-refractivity contribution is 0.554. The van der Waals surface area contributed by atoms with Gasteiger partial charge in [0.2, 0.25) is 0 Å². The van der Waals surface area contributed by atoms with Crippen molar-refractivity contribution in [3.8, 4) is 0 Å². The van der Waals surface area contributed by atoms with Crippen LogP contribution in [0.1, 0.15) is 19.4 Å². The molecule has 0 aromatic heterocycles. The molecule has 0 aliphatic rings. The fourth-order valence-corrected chi connectivity index (χ4v) is 1.11. The molecule has 0 heterocycles. The second-order valence-corrected chi connectivity index (χ2v) is 4.01. The van der Waals surface area contributed by atoms with Crippen LogP contribution in [0.5, 0.6) is 0 Å². The largest absolute Gasteiger partial charge is 0.322 e. The van der Waals surface area contributed by atoms with Gasteiger partial charge in [0.1, 0.15) is 0 Å². The summed E-state index contributed by atoms with van der Waals surface area (Å²) in [6.45, 7) is 4.01. The van der Waals surface area contributed by atoms with Crippen molar-refractivity contribution in [1.29, 1.82) is 0 Å². The highest BCUT2D eigenvalue weighted by Crippen LogP contribution is 2.14. The van der Waals surface area contributed by atoms with Gasteiger partial charge in [-0.3, -0.25) is 0 Å². The van der Waals surface area contributed by atoms with Gasteiger partial charge in [-0.2, -0.15) is 0 Å². The third-order valence-corrected chi connectivity index (χ3v) is 2.04. The molecule has 0 radical (unpaired) electrons. The van der Waals surface area contributed by atoms with Crippen LogP contribution in [0, 0.1) is 0 Å². The van der Waals surface area contributed by atoms with Gasteiger partial charge in [0.25, 0.3) is 0 Å². The monoisotopic (exact) mass is 167 g/mol. The molecule has 0 bridgehead atoms. The topological polar surface area (TPSA) is 26.0 Å². The summed E-state index contributed by atoms with van der Waals surface area (Å²) in [5, 5.41) is 1.19. The van der Waals surface area contributed by atoms with E-state index in [1.54, 1.807) is 0 Å². The molecule has 0 saturated heterocycles. The van der Waals surface area contributed by atoms with Crippen LogP contribution in [0.25, 0.3) is 0 Å². The van der Waals surface area contributed by atoms with E-state index in [2.05, 4.69) is 33.5 Å². The van der Waals surface area contributed by atoms with Crippen LogP contribution in [-0.2, 0) is 5.54 Å². The van der Waals surface area contributed by atoms with E-state index in [9.17, 15) is 0 Å². The van der Waals surface area contributed by atoms with E-state index in [1.807, 2.05) is 13.8 Å². The molecule has 0 fully saturated rings. The molecule has 1 aromatic rings. The first-order chi connectivity index (χ1) is 5.00. The Morgan fingerprint density at radius 1 is 1.18 bits per heavy atom. The summed E-state index contributed by atoms with van der Waals surface area (Å²) in [4.78, 5) is 0. The molecule has 1 rings (SSSR count). The van der Waals surface area contributed by atoms with Gasteiger partial charge in [-0.1, -0.05) is 24.3 Å². The second kappa shape index (κ2) is 2.92. The first-order valence-electron chi connectivity index (χ1n) is 3.65. The molecule has 2 heteroatoms. The molecule has 1 aromatic carbocycles. The van der Waals surface area contributed by atoms with E-state index >= 15 is 0 Å². The molecular weight excluding hydrogens is 153 g/mol. The summed E-state index contributed by atoms with van der Waals surface area (Å²) in [5.41, 5.74) is 6.85. The van der Waals surface area contributed by atoms with Crippen LogP contribution in [-0.4, -0.2) is 0 Å². The molecule has 0 aliphatic carbocycles. The van der Waals surface area contributed by atoms with Crippen molar-refractivity contribution in [1.82, 2.24) is 0 Å². The average Bonchev–Trinajstić information content (AvgIpc) is 1.86. The van der Waals surface area contributed by atoms with Gasteiger partial charge in [0.05, 0.1) is 0 Å². The van der Waals surface area contributed by atoms with E-state index in [1.165, 1.54) is 10.9 Å². The first-order valence-corrected chi connectivity index (χ1v) is 4.23. The average molecular weight is 167 g/mol. The fraction of sp³-hybridized carbons (Fsp3) is 0.333. The highest BCUT2D eigenvalue weighted by atomic mass is 31.0. The van der Waals surface area contributed by atoms with Crippen molar-refractivity contribution >= 4 is 14.5 Å². The lowest BCUT2D eigenvalue weighted by atomic mass is 9.96. The lowest BCUT2D eigenvalue weighted by Gasteiger charge is -2.18. The van der Waals surface area contributed by atoms with Gasteiger partial charge >= 0.3 is 0 Å². The van der Waals surface area contributed by atoms with Crippen molar-refractivity contribution in [2.24, 2.45) is 5.73 Å². The Morgan fingerprint density at radius 2 is 1.64 bits per heavy atom. The zero-order valence-corrected chi connectivity index (χ0v) is 8.12.